The lowest BCUT2D eigenvalue weighted by Crippen LogP contribution is -2.40. The van der Waals surface area contributed by atoms with Crippen molar-refractivity contribution >= 4 is 23.2 Å². The van der Waals surface area contributed by atoms with E-state index in [1.54, 1.807) is 17.0 Å². The number of benzene rings is 1. The van der Waals surface area contributed by atoms with E-state index in [2.05, 4.69) is 5.32 Å². The molecule has 0 aromatic heterocycles. The standard InChI is InChI=1S/C14H22N4O2/c1-4-18(8-13(19)17-9(2)3)12-6-5-10(15)7-11(12)14(16)20/h5-7,9H,4,8,15H2,1-3H3,(H2,16,20)(H,17,19). The van der Waals surface area contributed by atoms with Gasteiger partial charge in [0.1, 0.15) is 0 Å². The Morgan fingerprint density at radius 1 is 1.35 bits per heavy atom. The number of amides is 2. The Morgan fingerprint density at radius 3 is 2.50 bits per heavy atom. The van der Waals surface area contributed by atoms with E-state index in [9.17, 15) is 9.59 Å². The van der Waals surface area contributed by atoms with Crippen LogP contribution in [0.2, 0.25) is 0 Å². The van der Waals surface area contributed by atoms with E-state index < -0.39 is 5.91 Å². The summed E-state index contributed by atoms with van der Waals surface area (Å²) in [6.45, 7) is 6.44. The summed E-state index contributed by atoms with van der Waals surface area (Å²) in [5, 5.41) is 2.82. The zero-order valence-corrected chi connectivity index (χ0v) is 12.1. The number of nitrogens with zero attached hydrogens (tertiary/aromatic N) is 1. The molecule has 1 aromatic rings. The number of nitrogen functional groups attached to an aromatic ring is 1. The number of hydrogen-bond acceptors (Lipinski definition) is 4. The maximum atomic E-state index is 11.9. The van der Waals surface area contributed by atoms with Crippen molar-refractivity contribution in [3.8, 4) is 0 Å². The van der Waals surface area contributed by atoms with Gasteiger partial charge in [-0.05, 0) is 39.0 Å². The number of primary amides is 1. The number of nitrogens with two attached hydrogens (primary N) is 2. The van der Waals surface area contributed by atoms with E-state index in [1.807, 2.05) is 20.8 Å². The number of likely N-dealkylation sites (N-methyl/N-ethyl adjacent to an activating group) is 1. The minimum atomic E-state index is -0.560. The van der Waals surface area contributed by atoms with Crippen LogP contribution < -0.4 is 21.7 Å². The summed E-state index contributed by atoms with van der Waals surface area (Å²) >= 11 is 0. The van der Waals surface area contributed by atoms with E-state index in [1.165, 1.54) is 6.07 Å². The Kier molecular flexibility index (Phi) is 5.37. The Balaban J connectivity index is 3.00. The van der Waals surface area contributed by atoms with Crippen LogP contribution in [0.15, 0.2) is 18.2 Å². The first kappa shape index (κ1) is 15.8. The first-order chi connectivity index (χ1) is 9.35. The molecule has 0 saturated heterocycles. The number of anilines is 2. The predicted octanol–water partition coefficient (Wildman–Crippen LogP) is 0.719. The maximum Gasteiger partial charge on any atom is 0.250 e. The molecule has 0 heterocycles. The van der Waals surface area contributed by atoms with Crippen LogP contribution in [-0.4, -0.2) is 30.9 Å². The molecule has 0 aliphatic heterocycles. The van der Waals surface area contributed by atoms with Gasteiger partial charge in [0.15, 0.2) is 0 Å². The molecule has 1 aromatic carbocycles. The fourth-order valence-electron chi connectivity index (χ4n) is 1.94. The normalized spacial score (nSPS) is 10.4. The summed E-state index contributed by atoms with van der Waals surface area (Å²) in [4.78, 5) is 25.1. The smallest absolute Gasteiger partial charge is 0.250 e. The summed E-state index contributed by atoms with van der Waals surface area (Å²) in [5.74, 6) is -0.663. The number of hydrogen-bond donors (Lipinski definition) is 3. The highest BCUT2D eigenvalue weighted by Crippen LogP contribution is 2.22. The summed E-state index contributed by atoms with van der Waals surface area (Å²) in [5.41, 5.74) is 12.4. The van der Waals surface area contributed by atoms with Crippen LogP contribution in [0, 0.1) is 0 Å². The maximum absolute atomic E-state index is 11.9. The fraction of sp³-hybridized carbons (Fsp3) is 0.429. The van der Waals surface area contributed by atoms with Crippen LogP contribution in [0.3, 0.4) is 0 Å². The summed E-state index contributed by atoms with van der Waals surface area (Å²) < 4.78 is 0. The van der Waals surface area contributed by atoms with Gasteiger partial charge in [-0.1, -0.05) is 0 Å². The minimum Gasteiger partial charge on any atom is -0.399 e. The van der Waals surface area contributed by atoms with Gasteiger partial charge in [0.25, 0.3) is 5.91 Å². The Bertz CT molecular complexity index is 500. The summed E-state index contributed by atoms with van der Waals surface area (Å²) in [7, 11) is 0. The molecular formula is C14H22N4O2. The molecule has 0 saturated carbocycles. The van der Waals surface area contributed by atoms with Crippen LogP contribution in [0.5, 0.6) is 0 Å². The van der Waals surface area contributed by atoms with Crippen molar-refractivity contribution in [1.29, 1.82) is 0 Å². The van der Waals surface area contributed by atoms with Crippen LogP contribution in [0.4, 0.5) is 11.4 Å². The van der Waals surface area contributed by atoms with Gasteiger partial charge in [0.2, 0.25) is 5.91 Å². The molecule has 0 radical (unpaired) electrons. The van der Waals surface area contributed by atoms with Crippen molar-refractivity contribution in [2.24, 2.45) is 5.73 Å². The van der Waals surface area contributed by atoms with Gasteiger partial charge < -0.3 is 21.7 Å². The zero-order chi connectivity index (χ0) is 15.3. The molecule has 0 aliphatic rings. The van der Waals surface area contributed by atoms with Gasteiger partial charge in [-0.25, -0.2) is 0 Å². The highest BCUT2D eigenvalue weighted by molar-refractivity contribution is 6.00. The molecule has 0 aliphatic carbocycles. The number of carbonyl (C=O) groups is 2. The molecule has 2 amide bonds. The second kappa shape index (κ2) is 6.79. The van der Waals surface area contributed by atoms with E-state index in [-0.39, 0.29) is 18.5 Å². The third-order valence-electron chi connectivity index (χ3n) is 2.79. The SMILES string of the molecule is CCN(CC(=O)NC(C)C)c1ccc(N)cc1C(N)=O. The first-order valence-corrected chi connectivity index (χ1v) is 6.58. The molecule has 1 rings (SSSR count). The molecule has 20 heavy (non-hydrogen) atoms. The summed E-state index contributed by atoms with van der Waals surface area (Å²) in [6.07, 6.45) is 0. The minimum absolute atomic E-state index is 0.0724. The fourth-order valence-corrected chi connectivity index (χ4v) is 1.94. The summed E-state index contributed by atoms with van der Waals surface area (Å²) in [6, 6.07) is 5.00. The first-order valence-electron chi connectivity index (χ1n) is 6.58. The van der Waals surface area contributed by atoms with Crippen molar-refractivity contribution in [3.63, 3.8) is 0 Å². The lowest BCUT2D eigenvalue weighted by atomic mass is 10.1. The van der Waals surface area contributed by atoms with Crippen molar-refractivity contribution < 1.29 is 9.59 Å². The van der Waals surface area contributed by atoms with Crippen LogP contribution in [0.1, 0.15) is 31.1 Å². The van der Waals surface area contributed by atoms with Gasteiger partial charge in [0.05, 0.1) is 17.8 Å². The molecule has 0 atom stereocenters. The number of rotatable bonds is 6. The monoisotopic (exact) mass is 278 g/mol. The van der Waals surface area contributed by atoms with E-state index >= 15 is 0 Å². The highest BCUT2D eigenvalue weighted by Gasteiger charge is 2.17. The average Bonchev–Trinajstić information content (AvgIpc) is 2.35. The second-order valence-electron chi connectivity index (χ2n) is 4.88. The van der Waals surface area contributed by atoms with Crippen molar-refractivity contribution in [2.45, 2.75) is 26.8 Å². The van der Waals surface area contributed by atoms with E-state index in [0.29, 0.717) is 23.5 Å². The second-order valence-corrected chi connectivity index (χ2v) is 4.88. The van der Waals surface area contributed by atoms with Crippen LogP contribution >= 0.6 is 0 Å². The Morgan fingerprint density at radius 2 is 2.00 bits per heavy atom. The van der Waals surface area contributed by atoms with Gasteiger partial charge >= 0.3 is 0 Å². The molecule has 0 fully saturated rings. The van der Waals surface area contributed by atoms with Gasteiger partial charge in [-0.2, -0.15) is 0 Å². The quantitative estimate of drug-likeness (QED) is 0.667. The number of carbonyl (C=O) groups excluding carboxylic acids is 2. The third kappa shape index (κ3) is 4.15. The Labute approximate surface area is 119 Å². The zero-order valence-electron chi connectivity index (χ0n) is 12.1. The molecule has 6 heteroatoms. The van der Waals surface area contributed by atoms with Crippen molar-refractivity contribution in [2.75, 3.05) is 23.7 Å². The van der Waals surface area contributed by atoms with Crippen LogP contribution in [0.25, 0.3) is 0 Å². The Hall–Kier alpha value is -2.24. The van der Waals surface area contributed by atoms with Gasteiger partial charge in [0, 0.05) is 18.3 Å². The molecule has 0 spiro atoms. The van der Waals surface area contributed by atoms with Crippen molar-refractivity contribution in [1.82, 2.24) is 5.32 Å². The number of nitrogens with one attached hydrogen (secondary N) is 1. The van der Waals surface area contributed by atoms with Gasteiger partial charge in [-0.15, -0.1) is 0 Å². The molecule has 6 nitrogen and oxygen atoms in total. The molecular weight excluding hydrogens is 256 g/mol. The molecule has 0 bridgehead atoms. The van der Waals surface area contributed by atoms with Gasteiger partial charge in [-0.3, -0.25) is 9.59 Å². The average molecular weight is 278 g/mol. The lowest BCUT2D eigenvalue weighted by Gasteiger charge is -2.25. The van der Waals surface area contributed by atoms with E-state index in [0.717, 1.165) is 0 Å². The van der Waals surface area contributed by atoms with Crippen molar-refractivity contribution in [3.05, 3.63) is 23.8 Å². The van der Waals surface area contributed by atoms with E-state index in [4.69, 9.17) is 11.5 Å². The largest absolute Gasteiger partial charge is 0.399 e. The highest BCUT2D eigenvalue weighted by atomic mass is 16.2. The third-order valence-corrected chi connectivity index (χ3v) is 2.79. The van der Waals surface area contributed by atoms with Crippen LogP contribution in [-0.2, 0) is 4.79 Å². The molecule has 5 N–H and O–H groups in total. The molecule has 0 unspecified atom stereocenters. The predicted molar refractivity (Wildman–Crippen MR) is 80.5 cm³/mol. The topological polar surface area (TPSA) is 101 Å². The lowest BCUT2D eigenvalue weighted by molar-refractivity contribution is -0.120. The molecule has 110 valence electrons.